The molecule has 1 unspecified atom stereocenters. The molecule has 1 aliphatic rings. The second kappa shape index (κ2) is 9.25. The summed E-state index contributed by atoms with van der Waals surface area (Å²) in [5.41, 5.74) is 0.221. The van der Waals surface area contributed by atoms with E-state index in [1.807, 2.05) is 0 Å². The van der Waals surface area contributed by atoms with Gasteiger partial charge in [-0.1, -0.05) is 11.6 Å². The SMILES string of the molecule is Cc1c(Cl)c(=O)oc2cc(OCC(=O)NC(CO)C(=O)N3CCOCC3)ccc12. The molecule has 0 saturated carbocycles. The quantitative estimate of drug-likeness (QED) is 0.647. The van der Waals surface area contributed by atoms with Crippen molar-refractivity contribution in [2.75, 3.05) is 39.5 Å². The van der Waals surface area contributed by atoms with Crippen LogP contribution in [0.25, 0.3) is 11.0 Å². The number of fused-ring (bicyclic) bond motifs is 1. The predicted molar refractivity (Wildman–Crippen MR) is 104 cm³/mol. The van der Waals surface area contributed by atoms with Gasteiger partial charge in [-0.15, -0.1) is 0 Å². The highest BCUT2D eigenvalue weighted by Crippen LogP contribution is 2.25. The highest BCUT2D eigenvalue weighted by atomic mass is 35.5. The number of hydrogen-bond acceptors (Lipinski definition) is 7. The molecule has 1 aliphatic heterocycles. The Bertz CT molecular complexity index is 969. The summed E-state index contributed by atoms with van der Waals surface area (Å²) in [7, 11) is 0. The number of hydrogen-bond donors (Lipinski definition) is 2. The van der Waals surface area contributed by atoms with Crippen molar-refractivity contribution < 1.29 is 28.6 Å². The van der Waals surface area contributed by atoms with Crippen LogP contribution in [0.3, 0.4) is 0 Å². The lowest BCUT2D eigenvalue weighted by Crippen LogP contribution is -2.54. The summed E-state index contributed by atoms with van der Waals surface area (Å²) >= 11 is 5.89. The summed E-state index contributed by atoms with van der Waals surface area (Å²) in [5, 5.41) is 12.6. The maximum Gasteiger partial charge on any atom is 0.355 e. The minimum Gasteiger partial charge on any atom is -0.484 e. The molecule has 2 amide bonds. The van der Waals surface area contributed by atoms with Crippen LogP contribution >= 0.6 is 11.6 Å². The van der Waals surface area contributed by atoms with Crippen LogP contribution in [-0.4, -0.2) is 67.4 Å². The van der Waals surface area contributed by atoms with Crippen molar-refractivity contribution in [3.05, 3.63) is 39.2 Å². The van der Waals surface area contributed by atoms with Crippen molar-refractivity contribution in [3.8, 4) is 5.75 Å². The summed E-state index contributed by atoms with van der Waals surface area (Å²) in [4.78, 5) is 37.8. The Morgan fingerprint density at radius 3 is 2.76 bits per heavy atom. The number of morpholine rings is 1. The molecular weight excluding hydrogens is 404 g/mol. The van der Waals surface area contributed by atoms with Crippen molar-refractivity contribution in [1.29, 1.82) is 0 Å². The Hall–Kier alpha value is -2.62. The third kappa shape index (κ3) is 4.87. The normalized spacial score (nSPS) is 15.2. The first-order valence-corrected chi connectivity index (χ1v) is 9.41. The van der Waals surface area contributed by atoms with Gasteiger partial charge in [-0.2, -0.15) is 0 Å². The molecule has 2 heterocycles. The maximum absolute atomic E-state index is 12.4. The van der Waals surface area contributed by atoms with Gasteiger partial charge in [0.05, 0.1) is 19.8 Å². The van der Waals surface area contributed by atoms with Crippen LogP contribution in [0.1, 0.15) is 5.56 Å². The number of aliphatic hydroxyl groups excluding tert-OH is 1. The van der Waals surface area contributed by atoms with Gasteiger partial charge in [0.1, 0.15) is 22.4 Å². The van der Waals surface area contributed by atoms with E-state index in [1.165, 1.54) is 11.0 Å². The molecule has 2 N–H and O–H groups in total. The van der Waals surface area contributed by atoms with Gasteiger partial charge in [0.15, 0.2) is 6.61 Å². The molecule has 156 valence electrons. The predicted octanol–water partition coefficient (Wildman–Crippen LogP) is 0.470. The number of nitrogens with zero attached hydrogens (tertiary/aromatic N) is 1. The molecule has 2 aromatic rings. The molecule has 1 atom stereocenters. The van der Waals surface area contributed by atoms with Crippen LogP contribution in [0.2, 0.25) is 5.02 Å². The second-order valence-electron chi connectivity index (χ2n) is 6.52. The van der Waals surface area contributed by atoms with Crippen molar-refractivity contribution in [1.82, 2.24) is 10.2 Å². The van der Waals surface area contributed by atoms with Crippen LogP contribution in [0.4, 0.5) is 0 Å². The average Bonchev–Trinajstić information content (AvgIpc) is 2.74. The first kappa shape index (κ1) is 21.1. The van der Waals surface area contributed by atoms with Crippen molar-refractivity contribution in [3.63, 3.8) is 0 Å². The zero-order chi connectivity index (χ0) is 21.0. The minimum absolute atomic E-state index is 0.0190. The van der Waals surface area contributed by atoms with Crippen LogP contribution < -0.4 is 15.7 Å². The number of amides is 2. The summed E-state index contributed by atoms with van der Waals surface area (Å²) in [6.07, 6.45) is 0. The molecule has 0 bridgehead atoms. The Balaban J connectivity index is 1.61. The minimum atomic E-state index is -1.05. The number of aryl methyl sites for hydroxylation is 1. The number of halogens is 1. The van der Waals surface area contributed by atoms with Gasteiger partial charge < -0.3 is 29.2 Å². The van der Waals surface area contributed by atoms with Gasteiger partial charge in [0, 0.05) is 24.5 Å². The molecule has 1 aromatic heterocycles. The van der Waals surface area contributed by atoms with Crippen molar-refractivity contribution >= 4 is 34.4 Å². The van der Waals surface area contributed by atoms with E-state index in [1.54, 1.807) is 19.1 Å². The molecule has 10 heteroatoms. The zero-order valence-corrected chi connectivity index (χ0v) is 16.5. The molecule has 0 radical (unpaired) electrons. The number of carbonyl (C=O) groups excluding carboxylic acids is 2. The number of aliphatic hydroxyl groups is 1. The summed E-state index contributed by atoms with van der Waals surface area (Å²) < 4.78 is 15.7. The number of rotatable bonds is 6. The van der Waals surface area contributed by atoms with Crippen LogP contribution in [-0.2, 0) is 14.3 Å². The van der Waals surface area contributed by atoms with Crippen LogP contribution in [0, 0.1) is 6.92 Å². The number of ether oxygens (including phenoxy) is 2. The van der Waals surface area contributed by atoms with Gasteiger partial charge in [-0.05, 0) is 24.6 Å². The molecule has 1 fully saturated rings. The van der Waals surface area contributed by atoms with E-state index in [0.29, 0.717) is 43.0 Å². The Kier molecular flexibility index (Phi) is 6.73. The van der Waals surface area contributed by atoms with E-state index in [2.05, 4.69) is 5.32 Å². The fourth-order valence-corrected chi connectivity index (χ4v) is 3.12. The molecule has 9 nitrogen and oxygen atoms in total. The lowest BCUT2D eigenvalue weighted by molar-refractivity contribution is -0.141. The second-order valence-corrected chi connectivity index (χ2v) is 6.89. The van der Waals surface area contributed by atoms with Crippen molar-refractivity contribution in [2.24, 2.45) is 0 Å². The molecular formula is C19H21ClN2O7. The third-order valence-electron chi connectivity index (χ3n) is 4.58. The highest BCUT2D eigenvalue weighted by Gasteiger charge is 2.26. The highest BCUT2D eigenvalue weighted by molar-refractivity contribution is 6.31. The molecule has 29 heavy (non-hydrogen) atoms. The van der Waals surface area contributed by atoms with E-state index in [-0.39, 0.29) is 23.1 Å². The van der Waals surface area contributed by atoms with Gasteiger partial charge >= 0.3 is 5.63 Å². The molecule has 1 aromatic carbocycles. The Morgan fingerprint density at radius 1 is 1.34 bits per heavy atom. The largest absolute Gasteiger partial charge is 0.484 e. The van der Waals surface area contributed by atoms with Gasteiger partial charge in [-0.25, -0.2) is 4.79 Å². The van der Waals surface area contributed by atoms with E-state index in [0.717, 1.165) is 0 Å². The number of nitrogens with one attached hydrogen (secondary N) is 1. The topological polar surface area (TPSA) is 118 Å². The monoisotopic (exact) mass is 424 g/mol. The van der Waals surface area contributed by atoms with Gasteiger partial charge in [0.2, 0.25) is 5.91 Å². The van der Waals surface area contributed by atoms with E-state index < -0.39 is 24.2 Å². The van der Waals surface area contributed by atoms with Gasteiger partial charge in [-0.3, -0.25) is 9.59 Å². The van der Waals surface area contributed by atoms with Crippen LogP contribution in [0.15, 0.2) is 27.4 Å². The Labute approximate surface area is 171 Å². The molecule has 0 aliphatic carbocycles. The summed E-state index contributed by atoms with van der Waals surface area (Å²) in [6, 6.07) is 3.71. The Morgan fingerprint density at radius 2 is 2.07 bits per heavy atom. The lowest BCUT2D eigenvalue weighted by atomic mass is 10.1. The van der Waals surface area contributed by atoms with Crippen LogP contribution in [0.5, 0.6) is 5.75 Å². The standard InChI is InChI=1S/C19H21ClN2O7/c1-11-13-3-2-12(8-15(13)29-19(26)17(11)20)28-10-16(24)21-14(9-23)18(25)22-4-6-27-7-5-22/h2-3,8,14,23H,4-7,9-10H2,1H3,(H,21,24). The smallest absolute Gasteiger partial charge is 0.355 e. The lowest BCUT2D eigenvalue weighted by Gasteiger charge is -2.30. The summed E-state index contributed by atoms with van der Waals surface area (Å²) in [5.74, 6) is -0.638. The number of benzene rings is 1. The van der Waals surface area contributed by atoms with Gasteiger partial charge in [0.25, 0.3) is 5.91 Å². The first-order valence-electron chi connectivity index (χ1n) is 9.03. The number of carbonyl (C=O) groups is 2. The van der Waals surface area contributed by atoms with E-state index in [9.17, 15) is 19.5 Å². The van der Waals surface area contributed by atoms with E-state index >= 15 is 0 Å². The molecule has 1 saturated heterocycles. The zero-order valence-electron chi connectivity index (χ0n) is 15.8. The average molecular weight is 425 g/mol. The van der Waals surface area contributed by atoms with Crippen molar-refractivity contribution in [2.45, 2.75) is 13.0 Å². The first-order chi connectivity index (χ1) is 13.9. The fraction of sp³-hybridized carbons (Fsp3) is 0.421. The van der Waals surface area contributed by atoms with E-state index in [4.69, 9.17) is 25.5 Å². The summed E-state index contributed by atoms with van der Waals surface area (Å²) in [6.45, 7) is 2.46. The third-order valence-corrected chi connectivity index (χ3v) is 5.01. The maximum atomic E-state index is 12.4. The molecule has 0 spiro atoms. The molecule has 3 rings (SSSR count). The fourth-order valence-electron chi connectivity index (χ4n) is 2.98.